The first kappa shape index (κ1) is 28.2. The molecule has 0 unspecified atom stereocenters. The van der Waals surface area contributed by atoms with E-state index in [1.807, 2.05) is 0 Å². The van der Waals surface area contributed by atoms with E-state index >= 15 is 0 Å². The number of unbranched alkanes of at least 4 members (excludes halogenated alkanes) is 6. The number of carbonyl (C=O) groups is 3. The number of hydrogen-bond acceptors (Lipinski definition) is 8. The van der Waals surface area contributed by atoms with Crippen molar-refractivity contribution in [1.29, 1.82) is 0 Å². The second-order valence-corrected chi connectivity index (χ2v) is 7.78. The Morgan fingerprint density at radius 1 is 1.00 bits per heavy atom. The molecular formula is C24H38N2O7. The molecule has 9 heteroatoms. The molecule has 0 saturated heterocycles. The summed E-state index contributed by atoms with van der Waals surface area (Å²) in [6, 6.07) is 0.328. The maximum Gasteiger partial charge on any atom is 0.328 e. The zero-order valence-corrected chi connectivity index (χ0v) is 20.1. The SMILES string of the molecule is CCCCCCOC(=O)CC[C@@H](NC(=O)c1nccc(OC)c1O)C(=O)OCCCCCC. The fraction of sp³-hybridized carbons (Fsp3) is 0.667. The second kappa shape index (κ2) is 16.7. The number of aromatic hydroxyl groups is 1. The summed E-state index contributed by atoms with van der Waals surface area (Å²) in [6.45, 7) is 4.75. The zero-order valence-electron chi connectivity index (χ0n) is 20.1. The van der Waals surface area contributed by atoms with Gasteiger partial charge in [0.25, 0.3) is 5.91 Å². The normalized spacial score (nSPS) is 11.5. The number of pyridine rings is 1. The van der Waals surface area contributed by atoms with E-state index in [9.17, 15) is 19.5 Å². The molecule has 1 amide bonds. The summed E-state index contributed by atoms with van der Waals surface area (Å²) in [5, 5.41) is 12.7. The van der Waals surface area contributed by atoms with Gasteiger partial charge in [-0.25, -0.2) is 9.78 Å². The van der Waals surface area contributed by atoms with Gasteiger partial charge in [0.05, 0.1) is 20.3 Å². The van der Waals surface area contributed by atoms with E-state index in [1.165, 1.54) is 19.4 Å². The highest BCUT2D eigenvalue weighted by Crippen LogP contribution is 2.27. The minimum Gasteiger partial charge on any atom is -0.503 e. The molecule has 1 rings (SSSR count). The Morgan fingerprint density at radius 2 is 1.64 bits per heavy atom. The first-order chi connectivity index (χ1) is 15.9. The molecule has 2 N–H and O–H groups in total. The summed E-state index contributed by atoms with van der Waals surface area (Å²) in [5.41, 5.74) is -0.284. The summed E-state index contributed by atoms with van der Waals surface area (Å²) in [7, 11) is 1.35. The summed E-state index contributed by atoms with van der Waals surface area (Å²) < 4.78 is 15.5. The Labute approximate surface area is 196 Å². The Kier molecular flexibility index (Phi) is 14.3. The standard InChI is InChI=1S/C24H38N2O7/c1-4-6-8-10-16-32-20(27)13-12-18(24(30)33-17-11-9-7-5-2)26-23(29)21-22(28)19(31-3)14-15-25-21/h14-15,18,28H,4-13,16-17H2,1-3H3,(H,26,29)/t18-/m1/s1. The number of ether oxygens (including phenoxy) is 3. The predicted octanol–water partition coefficient (Wildman–Crippen LogP) is 3.92. The lowest BCUT2D eigenvalue weighted by Crippen LogP contribution is -2.42. The van der Waals surface area contributed by atoms with Gasteiger partial charge in [0, 0.05) is 18.7 Å². The van der Waals surface area contributed by atoms with Crippen LogP contribution < -0.4 is 10.1 Å². The van der Waals surface area contributed by atoms with Gasteiger partial charge in [0.15, 0.2) is 17.2 Å². The highest BCUT2D eigenvalue weighted by atomic mass is 16.5. The van der Waals surface area contributed by atoms with Crippen LogP contribution in [0.15, 0.2) is 12.3 Å². The molecule has 33 heavy (non-hydrogen) atoms. The highest BCUT2D eigenvalue weighted by Gasteiger charge is 2.26. The number of esters is 2. The van der Waals surface area contributed by atoms with Crippen LogP contribution in [0.3, 0.4) is 0 Å². The van der Waals surface area contributed by atoms with Gasteiger partial charge in [-0.1, -0.05) is 52.4 Å². The number of hydrogen-bond donors (Lipinski definition) is 2. The third-order valence-electron chi connectivity index (χ3n) is 5.05. The van der Waals surface area contributed by atoms with Crippen molar-refractivity contribution < 1.29 is 33.7 Å². The van der Waals surface area contributed by atoms with Crippen molar-refractivity contribution in [2.75, 3.05) is 20.3 Å². The average molecular weight is 467 g/mol. The number of rotatable bonds is 17. The van der Waals surface area contributed by atoms with E-state index in [1.54, 1.807) is 0 Å². The van der Waals surface area contributed by atoms with Gasteiger partial charge in [-0.15, -0.1) is 0 Å². The Morgan fingerprint density at radius 3 is 2.24 bits per heavy atom. The summed E-state index contributed by atoms with van der Waals surface area (Å²) in [5.74, 6) is -2.21. The molecule has 0 saturated carbocycles. The Balaban J connectivity index is 2.71. The van der Waals surface area contributed by atoms with Gasteiger partial charge in [0.1, 0.15) is 6.04 Å². The van der Waals surface area contributed by atoms with E-state index in [4.69, 9.17) is 14.2 Å². The van der Waals surface area contributed by atoms with Gasteiger partial charge < -0.3 is 24.6 Å². The molecule has 0 spiro atoms. The first-order valence-electron chi connectivity index (χ1n) is 11.8. The topological polar surface area (TPSA) is 124 Å². The van der Waals surface area contributed by atoms with Gasteiger partial charge in [-0.3, -0.25) is 9.59 Å². The molecule has 1 aromatic rings. The van der Waals surface area contributed by atoms with Crippen LogP contribution in [0.4, 0.5) is 0 Å². The van der Waals surface area contributed by atoms with Crippen molar-refractivity contribution in [1.82, 2.24) is 10.3 Å². The van der Waals surface area contributed by atoms with Crippen LogP contribution in [0.25, 0.3) is 0 Å². The largest absolute Gasteiger partial charge is 0.503 e. The van der Waals surface area contributed by atoms with Crippen molar-refractivity contribution in [2.24, 2.45) is 0 Å². The van der Waals surface area contributed by atoms with Crippen LogP contribution >= 0.6 is 0 Å². The molecule has 1 heterocycles. The van der Waals surface area contributed by atoms with Crippen molar-refractivity contribution >= 4 is 17.8 Å². The lowest BCUT2D eigenvalue weighted by molar-refractivity contribution is -0.147. The van der Waals surface area contributed by atoms with Crippen LogP contribution in [0.1, 0.15) is 88.5 Å². The van der Waals surface area contributed by atoms with E-state index in [0.29, 0.717) is 6.61 Å². The minimum absolute atomic E-state index is 0.0120. The lowest BCUT2D eigenvalue weighted by atomic mass is 10.1. The van der Waals surface area contributed by atoms with Gasteiger partial charge in [-0.05, 0) is 19.3 Å². The predicted molar refractivity (Wildman–Crippen MR) is 123 cm³/mol. The number of amides is 1. The zero-order chi connectivity index (χ0) is 24.5. The molecular weight excluding hydrogens is 428 g/mol. The number of carbonyl (C=O) groups excluding carboxylic acids is 3. The van der Waals surface area contributed by atoms with E-state index < -0.39 is 29.6 Å². The quantitative estimate of drug-likeness (QED) is 0.261. The van der Waals surface area contributed by atoms with Gasteiger partial charge in [0.2, 0.25) is 0 Å². The molecule has 0 fully saturated rings. The van der Waals surface area contributed by atoms with Crippen molar-refractivity contribution in [3.63, 3.8) is 0 Å². The fourth-order valence-corrected chi connectivity index (χ4v) is 3.09. The molecule has 0 aliphatic carbocycles. The van der Waals surface area contributed by atoms with Crippen LogP contribution in [-0.4, -0.2) is 54.3 Å². The minimum atomic E-state index is -1.08. The molecule has 0 radical (unpaired) electrons. The maximum atomic E-state index is 12.7. The molecule has 1 aromatic heterocycles. The summed E-state index contributed by atoms with van der Waals surface area (Å²) >= 11 is 0. The number of nitrogens with zero attached hydrogens (tertiary/aromatic N) is 1. The summed E-state index contributed by atoms with van der Waals surface area (Å²) in [6.07, 6.45) is 8.99. The van der Waals surface area contributed by atoms with E-state index in [2.05, 4.69) is 24.1 Å². The fourth-order valence-electron chi connectivity index (χ4n) is 3.09. The van der Waals surface area contributed by atoms with E-state index in [-0.39, 0.29) is 30.9 Å². The number of methoxy groups -OCH3 is 1. The Hall–Kier alpha value is -2.84. The number of nitrogens with one attached hydrogen (secondary N) is 1. The molecule has 9 nitrogen and oxygen atoms in total. The Bertz CT molecular complexity index is 740. The highest BCUT2D eigenvalue weighted by molar-refractivity contribution is 5.98. The molecule has 0 bridgehead atoms. The lowest BCUT2D eigenvalue weighted by Gasteiger charge is -2.18. The maximum absolute atomic E-state index is 12.7. The van der Waals surface area contributed by atoms with Crippen LogP contribution in [0.2, 0.25) is 0 Å². The molecule has 186 valence electrons. The van der Waals surface area contributed by atoms with Crippen LogP contribution in [-0.2, 0) is 19.1 Å². The second-order valence-electron chi connectivity index (χ2n) is 7.78. The molecule has 0 aliphatic heterocycles. The number of aromatic nitrogens is 1. The van der Waals surface area contributed by atoms with Crippen LogP contribution in [0.5, 0.6) is 11.5 Å². The molecule has 0 aromatic carbocycles. The summed E-state index contributed by atoms with van der Waals surface area (Å²) in [4.78, 5) is 41.2. The van der Waals surface area contributed by atoms with Crippen molar-refractivity contribution in [3.05, 3.63) is 18.0 Å². The van der Waals surface area contributed by atoms with E-state index in [0.717, 1.165) is 51.4 Å². The third kappa shape index (κ3) is 11.0. The molecule has 0 aliphatic rings. The monoisotopic (exact) mass is 466 g/mol. The van der Waals surface area contributed by atoms with Crippen molar-refractivity contribution in [2.45, 2.75) is 84.1 Å². The van der Waals surface area contributed by atoms with Gasteiger partial charge in [-0.2, -0.15) is 0 Å². The average Bonchev–Trinajstić information content (AvgIpc) is 2.81. The molecule has 1 atom stereocenters. The van der Waals surface area contributed by atoms with Gasteiger partial charge >= 0.3 is 11.9 Å². The van der Waals surface area contributed by atoms with Crippen molar-refractivity contribution in [3.8, 4) is 11.5 Å². The third-order valence-corrected chi connectivity index (χ3v) is 5.05. The first-order valence-corrected chi connectivity index (χ1v) is 11.8. The smallest absolute Gasteiger partial charge is 0.328 e. The van der Waals surface area contributed by atoms with Crippen LogP contribution in [0, 0.1) is 0 Å².